The Morgan fingerprint density at radius 2 is 0.877 bits per heavy atom. The van der Waals surface area contributed by atoms with E-state index in [1.54, 1.807) is 0 Å². The van der Waals surface area contributed by atoms with Crippen LogP contribution in [0.1, 0.15) is 5.56 Å². The van der Waals surface area contributed by atoms with Gasteiger partial charge >= 0.3 is 0 Å². The Kier molecular flexibility index (Phi) is 10.0. The van der Waals surface area contributed by atoms with Gasteiger partial charge in [-0.2, -0.15) is 5.26 Å². The predicted octanol–water partition coefficient (Wildman–Crippen LogP) is 19.2. The van der Waals surface area contributed by atoms with E-state index in [-0.39, 0.29) is 0 Å². The molecule has 0 atom stereocenters. The number of thiophene rings is 1. The van der Waals surface area contributed by atoms with Crippen molar-refractivity contribution in [2.24, 2.45) is 0 Å². The average molecular weight is 950 g/mol. The van der Waals surface area contributed by atoms with Crippen LogP contribution in [0.15, 0.2) is 255 Å². The average Bonchev–Trinajstić information content (AvgIpc) is 4.00. The number of nitrogens with one attached hydrogen (secondary N) is 1. The molecule has 6 heteroatoms. The summed E-state index contributed by atoms with van der Waals surface area (Å²) in [5.41, 5.74) is 12.2. The van der Waals surface area contributed by atoms with Crippen molar-refractivity contribution in [3.8, 4) is 11.8 Å². The van der Waals surface area contributed by atoms with Gasteiger partial charge in [0.1, 0.15) is 0 Å². The fraction of sp³-hybridized carbons (Fsp3) is 0. The minimum Gasteiger partial charge on any atom is -0.355 e. The molecule has 0 spiro atoms. The van der Waals surface area contributed by atoms with E-state index >= 15 is 0 Å². The van der Waals surface area contributed by atoms with Crippen molar-refractivity contribution in [2.75, 3.05) is 15.1 Å². The molecule has 0 unspecified atom stereocenters. The van der Waals surface area contributed by atoms with Gasteiger partial charge in [-0.15, -0.1) is 11.3 Å². The lowest BCUT2D eigenvalue weighted by molar-refractivity contribution is 1.17. The smallest absolute Gasteiger partial charge is 0.0991 e. The Morgan fingerprint density at radius 1 is 0.356 bits per heavy atom. The topological polar surface area (TPSA) is 47.2 Å². The van der Waals surface area contributed by atoms with Gasteiger partial charge in [-0.1, -0.05) is 121 Å². The van der Waals surface area contributed by atoms with Crippen molar-refractivity contribution in [3.05, 3.63) is 260 Å². The van der Waals surface area contributed by atoms with E-state index in [0.29, 0.717) is 5.56 Å². The highest BCUT2D eigenvalue weighted by Gasteiger charge is 2.20. The Morgan fingerprint density at radius 3 is 1.62 bits per heavy atom. The van der Waals surface area contributed by atoms with E-state index in [1.165, 1.54) is 63.3 Å². The predicted molar refractivity (Wildman–Crippen MR) is 310 cm³/mol. The Balaban J connectivity index is 0.849. The molecule has 73 heavy (non-hydrogen) atoms. The Bertz CT molecular complexity index is 4470. The highest BCUT2D eigenvalue weighted by molar-refractivity contribution is 7.26. The summed E-state index contributed by atoms with van der Waals surface area (Å²) >= 11 is 1.85. The van der Waals surface area contributed by atoms with Crippen molar-refractivity contribution in [2.45, 2.75) is 0 Å². The van der Waals surface area contributed by atoms with Gasteiger partial charge in [-0.25, -0.2) is 0 Å². The molecule has 2 aromatic heterocycles. The summed E-state index contributed by atoms with van der Waals surface area (Å²) in [5.74, 6) is 0. The molecule has 0 fully saturated rings. The maximum absolute atomic E-state index is 9.60. The molecule has 0 aliphatic heterocycles. The lowest BCUT2D eigenvalue weighted by Gasteiger charge is -2.29. The number of fused-ring (bicyclic) bond motifs is 11. The van der Waals surface area contributed by atoms with Crippen LogP contribution < -0.4 is 15.1 Å². The van der Waals surface area contributed by atoms with Crippen molar-refractivity contribution in [1.82, 2.24) is 4.57 Å². The number of rotatable bonds is 9. The molecular formula is C67H43N5S. The monoisotopic (exact) mass is 949 g/mol. The van der Waals surface area contributed by atoms with Crippen LogP contribution >= 0.6 is 11.3 Å². The lowest BCUT2D eigenvalue weighted by atomic mass is 10.0. The SMILES string of the molecule is N#Cc1ccc(-n2c3ccccc3c3ccc(N(c4ccccc4)c4ccc(N(c5ccc(Nc6ccc7c(c6)sc6ccc8ccccc8c67)cc5)c5ccc6c(ccc7ccccc76)c5)cc4)cc32)cc1. The molecule has 0 saturated heterocycles. The number of hydrogen-bond donors (Lipinski definition) is 1. The minimum absolute atomic E-state index is 0.636. The number of benzene rings is 12. The zero-order valence-corrected chi connectivity index (χ0v) is 40.3. The second-order valence-electron chi connectivity index (χ2n) is 18.6. The second-order valence-corrected chi connectivity index (χ2v) is 19.7. The quantitative estimate of drug-likeness (QED) is 0.146. The third kappa shape index (κ3) is 7.30. The Labute approximate surface area is 425 Å². The van der Waals surface area contributed by atoms with E-state index < -0.39 is 0 Å². The molecule has 14 aromatic rings. The maximum atomic E-state index is 9.60. The van der Waals surface area contributed by atoms with E-state index in [0.717, 1.165) is 62.2 Å². The summed E-state index contributed by atoms with van der Waals surface area (Å²) in [6.45, 7) is 0. The van der Waals surface area contributed by atoms with Crippen molar-refractivity contribution in [1.29, 1.82) is 5.26 Å². The van der Waals surface area contributed by atoms with E-state index in [4.69, 9.17) is 0 Å². The second kappa shape index (κ2) is 17.3. The number of nitrogens with zero attached hydrogens (tertiary/aromatic N) is 4. The summed E-state index contributed by atoms with van der Waals surface area (Å²) in [5, 5.41) is 25.8. The van der Waals surface area contributed by atoms with Crippen LogP contribution in [-0.4, -0.2) is 4.57 Å². The van der Waals surface area contributed by atoms with Gasteiger partial charge < -0.3 is 19.7 Å². The van der Waals surface area contributed by atoms with Gasteiger partial charge in [0.2, 0.25) is 0 Å². The van der Waals surface area contributed by atoms with Crippen LogP contribution in [0.25, 0.3) is 80.0 Å². The molecular weight excluding hydrogens is 907 g/mol. The van der Waals surface area contributed by atoms with E-state index in [2.05, 4.69) is 256 Å². The third-order valence-electron chi connectivity index (χ3n) is 14.3. The number of para-hydroxylation sites is 2. The number of nitriles is 1. The van der Waals surface area contributed by atoms with Crippen molar-refractivity contribution < 1.29 is 0 Å². The molecule has 2 heterocycles. The summed E-state index contributed by atoms with van der Waals surface area (Å²) in [4.78, 5) is 4.68. The minimum atomic E-state index is 0.636. The number of hydrogen-bond acceptors (Lipinski definition) is 5. The van der Waals surface area contributed by atoms with Crippen molar-refractivity contribution >= 4 is 131 Å². The first-order valence-corrected chi connectivity index (χ1v) is 25.4. The van der Waals surface area contributed by atoms with E-state index in [9.17, 15) is 5.26 Å². The molecule has 0 aliphatic rings. The summed E-state index contributed by atoms with van der Waals surface area (Å²) < 4.78 is 4.88. The molecule has 0 bridgehead atoms. The van der Waals surface area contributed by atoms with Gasteiger partial charge in [0.05, 0.1) is 22.7 Å². The molecule has 0 radical (unpaired) electrons. The normalized spacial score (nSPS) is 11.5. The van der Waals surface area contributed by atoms with Crippen LogP contribution in [0.3, 0.4) is 0 Å². The molecule has 1 N–H and O–H groups in total. The fourth-order valence-electron chi connectivity index (χ4n) is 10.9. The zero-order valence-electron chi connectivity index (χ0n) is 39.4. The summed E-state index contributed by atoms with van der Waals surface area (Å²) in [6, 6.07) is 93.5. The van der Waals surface area contributed by atoms with Crippen LogP contribution in [-0.2, 0) is 0 Å². The van der Waals surface area contributed by atoms with Gasteiger partial charge in [0.15, 0.2) is 0 Å². The highest BCUT2D eigenvalue weighted by atomic mass is 32.1. The molecule has 5 nitrogen and oxygen atoms in total. The van der Waals surface area contributed by atoms with Crippen LogP contribution in [0.2, 0.25) is 0 Å². The molecule has 342 valence electrons. The molecule has 0 aliphatic carbocycles. The largest absolute Gasteiger partial charge is 0.355 e. The third-order valence-corrected chi connectivity index (χ3v) is 15.4. The number of aromatic nitrogens is 1. The van der Waals surface area contributed by atoms with Gasteiger partial charge in [0.25, 0.3) is 0 Å². The zero-order chi connectivity index (χ0) is 48.4. The fourth-order valence-corrected chi connectivity index (χ4v) is 12.1. The molecule has 12 aromatic carbocycles. The highest BCUT2D eigenvalue weighted by Crippen LogP contribution is 2.44. The van der Waals surface area contributed by atoms with Gasteiger partial charge in [0, 0.05) is 82.1 Å². The molecule has 0 amide bonds. The molecule has 14 rings (SSSR count). The Hall–Kier alpha value is -9.67. The first-order valence-electron chi connectivity index (χ1n) is 24.5. The van der Waals surface area contributed by atoms with Gasteiger partial charge in [-0.05, 0) is 166 Å². The summed E-state index contributed by atoms with van der Waals surface area (Å²) in [7, 11) is 0. The summed E-state index contributed by atoms with van der Waals surface area (Å²) in [6.07, 6.45) is 0. The first kappa shape index (κ1) is 42.2. The lowest BCUT2D eigenvalue weighted by Crippen LogP contribution is -2.12. The van der Waals surface area contributed by atoms with Crippen molar-refractivity contribution in [3.63, 3.8) is 0 Å². The maximum Gasteiger partial charge on any atom is 0.0991 e. The van der Waals surface area contributed by atoms with E-state index in [1.807, 2.05) is 35.6 Å². The molecule has 0 saturated carbocycles. The standard InChI is InChI=1S/C67H43N5S/c68-43-44-18-26-54(27-19-44)72-63-17-9-8-16-60(63)61-38-35-56(42-64(61)72)70(50-12-2-1-3-13-50)52-30-32-53(33-31-52)71(55-34-37-58-47(40-55)21-20-45-10-4-6-14-57(45)58)51-28-23-48(24-29-51)69-49-25-36-62-66(41-49)73-65-39-22-46-11-5-7-15-59(46)67(62)65/h1-42,69H. The van der Waals surface area contributed by atoms with Crippen LogP contribution in [0.5, 0.6) is 0 Å². The van der Waals surface area contributed by atoms with Crippen LogP contribution in [0, 0.1) is 11.3 Å². The van der Waals surface area contributed by atoms with Crippen LogP contribution in [0.4, 0.5) is 45.5 Å². The number of anilines is 8. The first-order chi connectivity index (χ1) is 36.1. The van der Waals surface area contributed by atoms with Gasteiger partial charge in [-0.3, -0.25) is 0 Å².